The molecule has 1 aliphatic heterocycles. The fraction of sp³-hybridized carbons (Fsp3) is 0.412. The molecule has 1 saturated heterocycles. The van der Waals surface area contributed by atoms with Crippen LogP contribution in [0.15, 0.2) is 43.0 Å². The first-order chi connectivity index (χ1) is 11.3. The van der Waals surface area contributed by atoms with Crippen LogP contribution in [0.25, 0.3) is 5.69 Å². The van der Waals surface area contributed by atoms with Crippen molar-refractivity contribution >= 4 is 6.09 Å². The molecule has 0 atom stereocenters. The molecule has 23 heavy (non-hydrogen) atoms. The van der Waals surface area contributed by atoms with Gasteiger partial charge >= 0.3 is 6.09 Å². The van der Waals surface area contributed by atoms with Crippen LogP contribution in [0.5, 0.6) is 0 Å². The Bertz CT molecular complexity index is 617. The molecule has 0 bridgehead atoms. The fourth-order valence-electron chi connectivity index (χ4n) is 2.86. The molecule has 1 aromatic carbocycles. The molecule has 3 rings (SSSR count). The minimum atomic E-state index is -0.224. The van der Waals surface area contributed by atoms with Gasteiger partial charge in [-0.15, -0.1) is 0 Å². The van der Waals surface area contributed by atoms with Crippen molar-refractivity contribution in [3.63, 3.8) is 0 Å². The topological polar surface area (TPSA) is 59.4 Å². The van der Waals surface area contributed by atoms with Crippen LogP contribution in [0.2, 0.25) is 0 Å². The molecule has 1 aliphatic rings. The van der Waals surface area contributed by atoms with Crippen molar-refractivity contribution in [2.75, 3.05) is 20.2 Å². The maximum Gasteiger partial charge on any atom is 0.409 e. The number of rotatable bonds is 4. The largest absolute Gasteiger partial charge is 0.453 e. The number of likely N-dealkylation sites (tertiary alicyclic amines) is 1. The van der Waals surface area contributed by atoms with Gasteiger partial charge in [-0.1, -0.05) is 12.1 Å². The summed E-state index contributed by atoms with van der Waals surface area (Å²) in [7, 11) is 1.43. The molecule has 122 valence electrons. The number of nitrogens with one attached hydrogen (secondary N) is 1. The summed E-state index contributed by atoms with van der Waals surface area (Å²) in [6.45, 7) is 2.35. The highest BCUT2D eigenvalue weighted by atomic mass is 16.5. The fourth-order valence-corrected chi connectivity index (χ4v) is 2.86. The number of nitrogens with zero attached hydrogens (tertiary/aromatic N) is 3. The first-order valence-corrected chi connectivity index (χ1v) is 7.90. The molecule has 0 radical (unpaired) electrons. The third-order valence-electron chi connectivity index (χ3n) is 4.26. The molecule has 0 unspecified atom stereocenters. The normalized spacial score (nSPS) is 15.6. The number of ether oxygens (including phenoxy) is 1. The van der Waals surface area contributed by atoms with Crippen LogP contribution >= 0.6 is 0 Å². The maximum atomic E-state index is 11.5. The van der Waals surface area contributed by atoms with Crippen LogP contribution in [0, 0.1) is 0 Å². The van der Waals surface area contributed by atoms with Crippen LogP contribution in [0.3, 0.4) is 0 Å². The summed E-state index contributed by atoms with van der Waals surface area (Å²) in [5.41, 5.74) is 2.36. The van der Waals surface area contributed by atoms with Gasteiger partial charge in [0.05, 0.1) is 13.4 Å². The molecule has 0 aliphatic carbocycles. The molecule has 1 aromatic heterocycles. The van der Waals surface area contributed by atoms with E-state index >= 15 is 0 Å². The Morgan fingerprint density at radius 1 is 1.30 bits per heavy atom. The van der Waals surface area contributed by atoms with Gasteiger partial charge in [0.25, 0.3) is 0 Å². The Balaban J connectivity index is 1.47. The minimum Gasteiger partial charge on any atom is -0.453 e. The third kappa shape index (κ3) is 3.90. The van der Waals surface area contributed by atoms with Gasteiger partial charge in [0.2, 0.25) is 0 Å². The number of imidazole rings is 1. The van der Waals surface area contributed by atoms with E-state index in [0.29, 0.717) is 6.04 Å². The monoisotopic (exact) mass is 314 g/mol. The van der Waals surface area contributed by atoms with Crippen LogP contribution in [0.1, 0.15) is 18.4 Å². The molecule has 1 amide bonds. The second-order valence-corrected chi connectivity index (χ2v) is 5.75. The van der Waals surface area contributed by atoms with Gasteiger partial charge in [-0.25, -0.2) is 9.78 Å². The summed E-state index contributed by atoms with van der Waals surface area (Å²) in [5, 5.41) is 3.57. The quantitative estimate of drug-likeness (QED) is 0.940. The molecular formula is C17H22N4O2. The molecule has 2 aromatic rings. The molecule has 1 N–H and O–H groups in total. The Labute approximate surface area is 136 Å². The predicted octanol–water partition coefficient (Wildman–Crippen LogP) is 2.19. The van der Waals surface area contributed by atoms with Crippen LogP contribution in [-0.4, -0.2) is 46.8 Å². The van der Waals surface area contributed by atoms with Crippen molar-refractivity contribution in [3.05, 3.63) is 48.5 Å². The smallest absolute Gasteiger partial charge is 0.409 e. The number of carbonyl (C=O) groups is 1. The number of hydrogen-bond acceptors (Lipinski definition) is 4. The lowest BCUT2D eigenvalue weighted by Gasteiger charge is -2.31. The number of benzene rings is 1. The minimum absolute atomic E-state index is 0.224. The number of methoxy groups -OCH3 is 1. The standard InChI is InChI=1S/C17H22N4O2/c1-23-17(22)20-9-6-15(7-10-20)19-12-14-2-4-16(5-3-14)21-11-8-18-13-21/h2-5,8,11,13,15,19H,6-7,9-10,12H2,1H3. The average Bonchev–Trinajstić information content (AvgIpc) is 3.15. The summed E-state index contributed by atoms with van der Waals surface area (Å²) >= 11 is 0. The van der Waals surface area contributed by atoms with E-state index in [-0.39, 0.29) is 6.09 Å². The second-order valence-electron chi connectivity index (χ2n) is 5.75. The van der Waals surface area contributed by atoms with E-state index in [4.69, 9.17) is 4.74 Å². The Morgan fingerprint density at radius 2 is 2.04 bits per heavy atom. The highest BCUT2D eigenvalue weighted by Gasteiger charge is 2.22. The number of carbonyl (C=O) groups excluding carboxylic acids is 1. The maximum absolute atomic E-state index is 11.5. The first kappa shape index (κ1) is 15.6. The van der Waals surface area contributed by atoms with E-state index in [1.807, 2.05) is 10.8 Å². The number of aromatic nitrogens is 2. The highest BCUT2D eigenvalue weighted by molar-refractivity contribution is 5.67. The van der Waals surface area contributed by atoms with Crippen LogP contribution < -0.4 is 5.32 Å². The van der Waals surface area contributed by atoms with Crippen molar-refractivity contribution in [1.82, 2.24) is 19.8 Å². The van der Waals surface area contributed by atoms with Crippen molar-refractivity contribution in [1.29, 1.82) is 0 Å². The predicted molar refractivity (Wildman–Crippen MR) is 87.4 cm³/mol. The molecular weight excluding hydrogens is 292 g/mol. The Hall–Kier alpha value is -2.34. The van der Waals surface area contributed by atoms with E-state index in [1.165, 1.54) is 12.7 Å². The van der Waals surface area contributed by atoms with E-state index < -0.39 is 0 Å². The molecule has 6 nitrogen and oxygen atoms in total. The number of piperidine rings is 1. The van der Waals surface area contributed by atoms with E-state index in [9.17, 15) is 4.79 Å². The van der Waals surface area contributed by atoms with Gasteiger partial charge in [0, 0.05) is 43.8 Å². The third-order valence-corrected chi connectivity index (χ3v) is 4.26. The number of hydrogen-bond donors (Lipinski definition) is 1. The molecule has 1 fully saturated rings. The van der Waals surface area contributed by atoms with E-state index in [1.54, 1.807) is 17.4 Å². The summed E-state index contributed by atoms with van der Waals surface area (Å²) < 4.78 is 6.74. The van der Waals surface area contributed by atoms with Gasteiger partial charge in [-0.05, 0) is 30.5 Å². The molecule has 6 heteroatoms. The van der Waals surface area contributed by atoms with Crippen LogP contribution in [0.4, 0.5) is 4.79 Å². The SMILES string of the molecule is COC(=O)N1CCC(NCc2ccc(-n3ccnc3)cc2)CC1. The average molecular weight is 314 g/mol. The van der Waals surface area contributed by atoms with E-state index in [0.717, 1.165) is 38.2 Å². The van der Waals surface area contributed by atoms with Gasteiger partial charge in [-0.3, -0.25) is 0 Å². The lowest BCUT2D eigenvalue weighted by Crippen LogP contribution is -2.44. The van der Waals surface area contributed by atoms with Crippen molar-refractivity contribution < 1.29 is 9.53 Å². The first-order valence-electron chi connectivity index (χ1n) is 7.90. The summed E-state index contributed by atoms with van der Waals surface area (Å²) in [4.78, 5) is 17.3. The van der Waals surface area contributed by atoms with Crippen molar-refractivity contribution in [2.24, 2.45) is 0 Å². The highest BCUT2D eigenvalue weighted by Crippen LogP contribution is 2.13. The lowest BCUT2D eigenvalue weighted by molar-refractivity contribution is 0.109. The second kappa shape index (κ2) is 7.28. The zero-order chi connectivity index (χ0) is 16.1. The van der Waals surface area contributed by atoms with Gasteiger partial charge < -0.3 is 19.5 Å². The van der Waals surface area contributed by atoms with Gasteiger partial charge in [0.1, 0.15) is 0 Å². The zero-order valence-corrected chi connectivity index (χ0v) is 13.3. The summed E-state index contributed by atoms with van der Waals surface area (Å²) in [6.07, 6.45) is 7.20. The Kier molecular flexibility index (Phi) is 4.92. The van der Waals surface area contributed by atoms with E-state index in [2.05, 4.69) is 34.6 Å². The molecule has 2 heterocycles. The van der Waals surface area contributed by atoms with Gasteiger partial charge in [0.15, 0.2) is 0 Å². The van der Waals surface area contributed by atoms with Gasteiger partial charge in [-0.2, -0.15) is 0 Å². The Morgan fingerprint density at radius 3 is 2.65 bits per heavy atom. The molecule has 0 spiro atoms. The summed E-state index contributed by atoms with van der Waals surface area (Å²) in [6, 6.07) is 8.90. The zero-order valence-electron chi connectivity index (χ0n) is 13.3. The number of amides is 1. The van der Waals surface area contributed by atoms with Crippen molar-refractivity contribution in [3.8, 4) is 5.69 Å². The van der Waals surface area contributed by atoms with Crippen LogP contribution in [-0.2, 0) is 11.3 Å². The molecule has 0 saturated carbocycles. The van der Waals surface area contributed by atoms with Crippen molar-refractivity contribution in [2.45, 2.75) is 25.4 Å². The summed E-state index contributed by atoms with van der Waals surface area (Å²) in [5.74, 6) is 0. The lowest BCUT2D eigenvalue weighted by atomic mass is 10.0.